The zero-order valence-electron chi connectivity index (χ0n) is 19.4. The van der Waals surface area contributed by atoms with Crippen molar-refractivity contribution in [3.63, 3.8) is 0 Å². The van der Waals surface area contributed by atoms with Crippen LogP contribution in [-0.2, 0) is 16.0 Å². The number of hydrogen-bond acceptors (Lipinski definition) is 4. The zero-order chi connectivity index (χ0) is 25.4. The van der Waals surface area contributed by atoms with E-state index >= 15 is 0 Å². The van der Waals surface area contributed by atoms with Crippen molar-refractivity contribution in [2.45, 2.75) is 31.7 Å². The minimum absolute atomic E-state index is 0.0494. The van der Waals surface area contributed by atoms with Crippen molar-refractivity contribution >= 4 is 29.1 Å². The van der Waals surface area contributed by atoms with E-state index in [-0.39, 0.29) is 47.3 Å². The Hall–Kier alpha value is -2.97. The molecule has 0 radical (unpaired) electrons. The molecule has 2 aliphatic heterocycles. The van der Waals surface area contributed by atoms with Crippen LogP contribution in [0.4, 0.5) is 14.5 Å². The molecule has 0 saturated carbocycles. The second-order valence-electron chi connectivity index (χ2n) is 8.64. The van der Waals surface area contributed by atoms with E-state index in [1.807, 2.05) is 18.2 Å². The second kappa shape index (κ2) is 12.7. The normalized spacial score (nSPS) is 24.1. The minimum atomic E-state index is -0.710. The molecule has 1 aromatic carbocycles. The molecule has 0 bridgehead atoms. The molecule has 0 aliphatic carbocycles. The quantitative estimate of drug-likeness (QED) is 0.509. The average Bonchev–Trinajstić information content (AvgIpc) is 3.25. The molecule has 1 saturated heterocycles. The molecule has 2 amide bonds. The van der Waals surface area contributed by atoms with E-state index in [1.165, 1.54) is 11.0 Å². The monoisotopic (exact) mass is 505 g/mol. The van der Waals surface area contributed by atoms with Crippen molar-refractivity contribution in [2.75, 3.05) is 31.7 Å². The fourth-order valence-corrected chi connectivity index (χ4v) is 4.35. The fraction of sp³-hybridized carbons (Fsp3) is 0.385. The number of rotatable bonds is 6. The lowest BCUT2D eigenvalue weighted by atomic mass is 10.1. The summed E-state index contributed by atoms with van der Waals surface area (Å²) in [6.45, 7) is 3.81. The summed E-state index contributed by atoms with van der Waals surface area (Å²) in [7, 11) is 0. The highest BCUT2D eigenvalue weighted by Gasteiger charge is 2.34. The molecule has 1 fully saturated rings. The summed E-state index contributed by atoms with van der Waals surface area (Å²) >= 11 is 6.32. The Bertz CT molecular complexity index is 1050. The Balaban J connectivity index is 1.73. The van der Waals surface area contributed by atoms with Gasteiger partial charge in [0.25, 0.3) is 5.91 Å². The van der Waals surface area contributed by atoms with Crippen LogP contribution in [0.15, 0.2) is 60.4 Å². The van der Waals surface area contributed by atoms with Gasteiger partial charge in [-0.2, -0.15) is 0 Å². The van der Waals surface area contributed by atoms with Gasteiger partial charge in [0.2, 0.25) is 5.91 Å². The van der Waals surface area contributed by atoms with Gasteiger partial charge in [0.15, 0.2) is 0 Å². The highest BCUT2D eigenvalue weighted by Crippen LogP contribution is 2.29. The number of halogens is 3. The van der Waals surface area contributed by atoms with Crippen LogP contribution in [0, 0.1) is 11.7 Å². The summed E-state index contributed by atoms with van der Waals surface area (Å²) in [5, 5.41) is 15.2. The first-order valence-corrected chi connectivity index (χ1v) is 11.9. The Morgan fingerprint density at radius 3 is 2.77 bits per heavy atom. The molecule has 3 rings (SSSR count). The number of aliphatic hydroxyl groups is 1. The molecule has 0 spiro atoms. The number of benzene rings is 1. The smallest absolute Gasteiger partial charge is 0.257 e. The molecule has 1 aromatic rings. The molecular weight excluding hydrogens is 476 g/mol. The summed E-state index contributed by atoms with van der Waals surface area (Å²) in [5.74, 6) is -1.98. The van der Waals surface area contributed by atoms with Gasteiger partial charge >= 0.3 is 0 Å². The molecule has 2 aliphatic rings. The Labute approximate surface area is 209 Å². The van der Waals surface area contributed by atoms with Gasteiger partial charge in [-0.25, -0.2) is 4.39 Å². The van der Waals surface area contributed by atoms with E-state index in [4.69, 9.17) is 11.6 Å². The van der Waals surface area contributed by atoms with Crippen LogP contribution in [0.3, 0.4) is 0 Å². The maximum Gasteiger partial charge on any atom is 0.257 e. The third-order valence-electron chi connectivity index (χ3n) is 6.03. The highest BCUT2D eigenvalue weighted by atomic mass is 35.5. The summed E-state index contributed by atoms with van der Waals surface area (Å²) in [4.78, 5) is 27.0. The van der Waals surface area contributed by atoms with Crippen LogP contribution in [0.25, 0.3) is 0 Å². The molecule has 2 heterocycles. The molecule has 9 heteroatoms. The van der Waals surface area contributed by atoms with E-state index in [1.54, 1.807) is 12.3 Å². The SMILES string of the molecule is C=C1/C=C\CC/C=C\CN/C=C\1C(=O)Nc1cc(F)c(CC(=O)N2CC(CF)CC2CO)cc1Cl. The molecule has 2 atom stereocenters. The Morgan fingerprint density at radius 1 is 1.26 bits per heavy atom. The van der Waals surface area contributed by atoms with Gasteiger partial charge in [0, 0.05) is 25.2 Å². The van der Waals surface area contributed by atoms with E-state index < -0.39 is 30.3 Å². The van der Waals surface area contributed by atoms with Crippen molar-refractivity contribution in [3.05, 3.63) is 76.8 Å². The van der Waals surface area contributed by atoms with Crippen LogP contribution in [0.1, 0.15) is 24.8 Å². The lowest BCUT2D eigenvalue weighted by molar-refractivity contribution is -0.132. The Morgan fingerprint density at radius 2 is 2.03 bits per heavy atom. The number of aliphatic hydroxyl groups excluding tert-OH is 1. The first-order valence-electron chi connectivity index (χ1n) is 11.5. The zero-order valence-corrected chi connectivity index (χ0v) is 20.2. The van der Waals surface area contributed by atoms with Gasteiger partial charge in [-0.3, -0.25) is 14.0 Å². The average molecular weight is 506 g/mol. The number of anilines is 1. The van der Waals surface area contributed by atoms with E-state index in [9.17, 15) is 23.5 Å². The number of nitrogens with zero attached hydrogens (tertiary/aromatic N) is 1. The number of likely N-dealkylation sites (tertiary alicyclic amines) is 1. The number of alkyl halides is 1. The van der Waals surface area contributed by atoms with Crippen molar-refractivity contribution in [1.29, 1.82) is 0 Å². The fourth-order valence-electron chi connectivity index (χ4n) is 4.12. The van der Waals surface area contributed by atoms with E-state index in [2.05, 4.69) is 17.2 Å². The van der Waals surface area contributed by atoms with Gasteiger partial charge in [-0.05, 0) is 42.5 Å². The van der Waals surface area contributed by atoms with Crippen molar-refractivity contribution < 1.29 is 23.5 Å². The molecule has 6 nitrogen and oxygen atoms in total. The van der Waals surface area contributed by atoms with Gasteiger partial charge in [-0.1, -0.05) is 42.5 Å². The summed E-state index contributed by atoms with van der Waals surface area (Å²) < 4.78 is 27.9. The lowest BCUT2D eigenvalue weighted by Gasteiger charge is -2.23. The van der Waals surface area contributed by atoms with Gasteiger partial charge in [0.05, 0.1) is 42.0 Å². The molecular formula is C26H30ClF2N3O3. The van der Waals surface area contributed by atoms with Crippen molar-refractivity contribution in [1.82, 2.24) is 10.2 Å². The Kier molecular flexibility index (Phi) is 9.63. The largest absolute Gasteiger partial charge is 0.394 e. The maximum atomic E-state index is 14.9. The molecule has 3 N–H and O–H groups in total. The summed E-state index contributed by atoms with van der Waals surface area (Å²) in [5.41, 5.74) is 0.877. The number of hydrogen-bond donors (Lipinski definition) is 3. The first kappa shape index (κ1) is 26.6. The number of amides is 2. The van der Waals surface area contributed by atoms with Crippen LogP contribution >= 0.6 is 11.6 Å². The third kappa shape index (κ3) is 7.02. The highest BCUT2D eigenvalue weighted by molar-refractivity contribution is 6.34. The second-order valence-corrected chi connectivity index (χ2v) is 9.04. The first-order chi connectivity index (χ1) is 16.8. The summed E-state index contributed by atoms with van der Waals surface area (Å²) in [6, 6.07) is 1.88. The molecule has 188 valence electrons. The number of nitrogens with one attached hydrogen (secondary N) is 2. The summed E-state index contributed by atoms with van der Waals surface area (Å²) in [6.07, 6.45) is 11.0. The van der Waals surface area contributed by atoms with E-state index in [0.29, 0.717) is 18.5 Å². The van der Waals surface area contributed by atoms with Crippen LogP contribution < -0.4 is 10.6 Å². The van der Waals surface area contributed by atoms with Crippen LogP contribution in [-0.4, -0.2) is 54.2 Å². The van der Waals surface area contributed by atoms with Gasteiger partial charge < -0.3 is 20.6 Å². The number of allylic oxidation sites excluding steroid dienone is 3. The van der Waals surface area contributed by atoms with Gasteiger partial charge in [-0.15, -0.1) is 0 Å². The topological polar surface area (TPSA) is 81.7 Å². The number of carbonyl (C=O) groups is 2. The van der Waals surface area contributed by atoms with E-state index in [0.717, 1.165) is 18.9 Å². The maximum absolute atomic E-state index is 14.9. The lowest BCUT2D eigenvalue weighted by Crippen LogP contribution is -2.38. The standard InChI is InChI=1S/C26H30ClF2N3O3/c1-17-7-5-3-2-4-6-8-30-14-21(17)26(35)31-24-12-23(29)19(10-22(24)27)11-25(34)32-15-18(13-28)9-20(32)16-33/h4-7,10,12,14,18,20,30,33H,1-3,8-9,11,13,15-16H2,(H,31,35)/b6-4-,7-5-,21-14+. The molecule has 35 heavy (non-hydrogen) atoms. The third-order valence-corrected chi connectivity index (χ3v) is 6.35. The molecule has 2 unspecified atom stereocenters. The van der Waals surface area contributed by atoms with Crippen LogP contribution in [0.5, 0.6) is 0 Å². The number of carbonyl (C=O) groups excluding carboxylic acids is 2. The predicted octanol–water partition coefficient (Wildman–Crippen LogP) is 4.07. The minimum Gasteiger partial charge on any atom is -0.394 e. The van der Waals surface area contributed by atoms with Gasteiger partial charge in [0.1, 0.15) is 5.82 Å². The van der Waals surface area contributed by atoms with Crippen molar-refractivity contribution in [3.8, 4) is 0 Å². The predicted molar refractivity (Wildman–Crippen MR) is 133 cm³/mol. The van der Waals surface area contributed by atoms with Crippen molar-refractivity contribution in [2.24, 2.45) is 5.92 Å². The van der Waals surface area contributed by atoms with Crippen LogP contribution in [0.2, 0.25) is 5.02 Å². The molecule has 0 aromatic heterocycles.